The Morgan fingerprint density at radius 3 is 2.70 bits per heavy atom. The molecule has 2 fully saturated rings. The van der Waals surface area contributed by atoms with Crippen molar-refractivity contribution in [3.05, 3.63) is 22.4 Å². The lowest BCUT2D eigenvalue weighted by Gasteiger charge is -2.33. The van der Waals surface area contributed by atoms with Gasteiger partial charge < -0.3 is 19.8 Å². The summed E-state index contributed by atoms with van der Waals surface area (Å²) in [6.45, 7) is 4.63. The van der Waals surface area contributed by atoms with Crippen molar-refractivity contribution >= 4 is 23.7 Å². The number of nitrogens with zero attached hydrogens (tertiary/aromatic N) is 2. The SMILES string of the molecule is O=C(c1ccsc1)N1CCC(O)(CN2CCOCC2)C1.O=CO. The van der Waals surface area contributed by atoms with Crippen molar-refractivity contribution < 1.29 is 24.5 Å². The van der Waals surface area contributed by atoms with Crippen LogP contribution in [0, 0.1) is 0 Å². The van der Waals surface area contributed by atoms with E-state index < -0.39 is 5.60 Å². The predicted molar refractivity (Wildman–Crippen MR) is 85.7 cm³/mol. The molecule has 1 amide bonds. The van der Waals surface area contributed by atoms with Gasteiger partial charge in [-0.3, -0.25) is 14.5 Å². The highest BCUT2D eigenvalue weighted by Crippen LogP contribution is 2.25. The predicted octanol–water partition coefficient (Wildman–Crippen LogP) is 0.358. The zero-order valence-electron chi connectivity index (χ0n) is 12.9. The molecular formula is C15H22N2O5S. The number of rotatable bonds is 3. The minimum Gasteiger partial charge on any atom is -0.483 e. The number of hydrogen-bond acceptors (Lipinski definition) is 6. The second kappa shape index (κ2) is 8.39. The van der Waals surface area contributed by atoms with Gasteiger partial charge in [0.15, 0.2) is 0 Å². The topological polar surface area (TPSA) is 90.3 Å². The molecule has 7 nitrogen and oxygen atoms in total. The number of carbonyl (C=O) groups is 2. The zero-order valence-corrected chi connectivity index (χ0v) is 13.7. The number of hydrogen-bond donors (Lipinski definition) is 2. The highest BCUT2D eigenvalue weighted by Gasteiger charge is 2.39. The van der Waals surface area contributed by atoms with E-state index in [4.69, 9.17) is 14.6 Å². The lowest BCUT2D eigenvalue weighted by Crippen LogP contribution is -2.49. The van der Waals surface area contributed by atoms with Crippen molar-refractivity contribution in [1.82, 2.24) is 9.80 Å². The van der Waals surface area contributed by atoms with E-state index in [1.54, 1.807) is 4.90 Å². The molecule has 1 aromatic rings. The first kappa shape index (κ1) is 17.9. The van der Waals surface area contributed by atoms with E-state index in [1.807, 2.05) is 16.8 Å². The number of likely N-dealkylation sites (tertiary alicyclic amines) is 1. The van der Waals surface area contributed by atoms with Crippen molar-refractivity contribution in [3.63, 3.8) is 0 Å². The van der Waals surface area contributed by atoms with Crippen LogP contribution in [-0.4, -0.2) is 83.9 Å². The van der Waals surface area contributed by atoms with Crippen LogP contribution in [0.15, 0.2) is 16.8 Å². The second-order valence-electron chi connectivity index (χ2n) is 5.71. The largest absolute Gasteiger partial charge is 0.483 e. The van der Waals surface area contributed by atoms with Gasteiger partial charge in [-0.25, -0.2) is 0 Å². The van der Waals surface area contributed by atoms with Crippen LogP contribution in [-0.2, 0) is 9.53 Å². The fourth-order valence-electron chi connectivity index (χ4n) is 2.90. The highest BCUT2D eigenvalue weighted by molar-refractivity contribution is 7.08. The smallest absolute Gasteiger partial charge is 0.290 e. The molecule has 0 radical (unpaired) electrons. The monoisotopic (exact) mass is 342 g/mol. The van der Waals surface area contributed by atoms with Crippen molar-refractivity contribution in [2.45, 2.75) is 12.0 Å². The van der Waals surface area contributed by atoms with Crippen LogP contribution in [0.3, 0.4) is 0 Å². The van der Waals surface area contributed by atoms with Crippen LogP contribution < -0.4 is 0 Å². The summed E-state index contributed by atoms with van der Waals surface area (Å²) in [5, 5.41) is 21.3. The van der Waals surface area contributed by atoms with E-state index in [1.165, 1.54) is 11.3 Å². The third kappa shape index (κ3) is 5.00. The molecule has 8 heteroatoms. The van der Waals surface area contributed by atoms with Gasteiger partial charge in [-0.1, -0.05) is 0 Å². The summed E-state index contributed by atoms with van der Waals surface area (Å²) < 4.78 is 5.32. The van der Waals surface area contributed by atoms with Crippen LogP contribution in [0.25, 0.3) is 0 Å². The summed E-state index contributed by atoms with van der Waals surface area (Å²) in [6, 6.07) is 1.84. The first-order valence-corrected chi connectivity index (χ1v) is 8.44. The van der Waals surface area contributed by atoms with Gasteiger partial charge in [0.2, 0.25) is 0 Å². The molecule has 1 unspecified atom stereocenters. The molecule has 2 aliphatic heterocycles. The molecule has 3 rings (SSSR count). The maximum absolute atomic E-state index is 12.3. The Balaban J connectivity index is 0.000000595. The second-order valence-corrected chi connectivity index (χ2v) is 6.49. The van der Waals surface area contributed by atoms with Crippen molar-refractivity contribution in [2.24, 2.45) is 0 Å². The van der Waals surface area contributed by atoms with Gasteiger partial charge in [0.05, 0.1) is 30.9 Å². The zero-order chi connectivity index (χ0) is 16.7. The number of amides is 1. The normalized spacial score (nSPS) is 24.8. The molecule has 0 aliphatic carbocycles. The minimum atomic E-state index is -0.775. The van der Waals surface area contributed by atoms with Gasteiger partial charge in [-0.2, -0.15) is 11.3 Å². The van der Waals surface area contributed by atoms with E-state index in [2.05, 4.69) is 4.90 Å². The molecule has 128 valence electrons. The number of carbonyl (C=O) groups excluding carboxylic acids is 1. The summed E-state index contributed by atoms with van der Waals surface area (Å²) >= 11 is 1.52. The fourth-order valence-corrected chi connectivity index (χ4v) is 3.53. The van der Waals surface area contributed by atoms with Gasteiger partial charge in [0, 0.05) is 31.6 Å². The molecule has 0 spiro atoms. The van der Waals surface area contributed by atoms with E-state index in [9.17, 15) is 9.90 Å². The fraction of sp³-hybridized carbons (Fsp3) is 0.600. The highest BCUT2D eigenvalue weighted by atomic mass is 32.1. The summed E-state index contributed by atoms with van der Waals surface area (Å²) in [7, 11) is 0. The first-order chi connectivity index (χ1) is 11.1. The Kier molecular flexibility index (Phi) is 6.52. The number of morpholine rings is 1. The van der Waals surface area contributed by atoms with Crippen molar-refractivity contribution in [3.8, 4) is 0 Å². The molecule has 23 heavy (non-hydrogen) atoms. The molecule has 3 heterocycles. The number of carboxylic acid groups (broad SMARTS) is 1. The van der Waals surface area contributed by atoms with E-state index in [0.717, 1.165) is 31.9 Å². The molecule has 2 N–H and O–H groups in total. The van der Waals surface area contributed by atoms with Crippen LogP contribution in [0.4, 0.5) is 0 Å². The average molecular weight is 342 g/mol. The summed E-state index contributed by atoms with van der Waals surface area (Å²) in [5.41, 5.74) is -0.0474. The summed E-state index contributed by atoms with van der Waals surface area (Å²) in [6.07, 6.45) is 0.653. The van der Waals surface area contributed by atoms with Crippen LogP contribution in [0.5, 0.6) is 0 Å². The van der Waals surface area contributed by atoms with Gasteiger partial charge in [0.25, 0.3) is 12.4 Å². The average Bonchev–Trinajstić information content (AvgIpc) is 3.18. The lowest BCUT2D eigenvalue weighted by atomic mass is 10.0. The number of aliphatic hydroxyl groups is 1. The Morgan fingerprint density at radius 2 is 2.09 bits per heavy atom. The maximum atomic E-state index is 12.3. The van der Waals surface area contributed by atoms with Gasteiger partial charge in [-0.15, -0.1) is 0 Å². The molecule has 0 saturated carbocycles. The van der Waals surface area contributed by atoms with Gasteiger partial charge in [-0.05, 0) is 17.9 Å². The number of ether oxygens (including phenoxy) is 1. The molecular weight excluding hydrogens is 320 g/mol. The lowest BCUT2D eigenvalue weighted by molar-refractivity contribution is -0.122. The summed E-state index contributed by atoms with van der Waals surface area (Å²) in [5.74, 6) is 0.0316. The quantitative estimate of drug-likeness (QED) is 0.771. The molecule has 0 bridgehead atoms. The van der Waals surface area contributed by atoms with E-state index in [-0.39, 0.29) is 12.4 Å². The molecule has 2 saturated heterocycles. The maximum Gasteiger partial charge on any atom is 0.290 e. The number of β-amino-alcohol motifs (C(OH)–C–C–N with tert-alkyl or cyclic N) is 1. The van der Waals surface area contributed by atoms with E-state index >= 15 is 0 Å². The Hall–Kier alpha value is -1.48. The molecule has 1 aromatic heterocycles. The summed E-state index contributed by atoms with van der Waals surface area (Å²) in [4.78, 5) is 24.6. The Labute approximate surface area is 139 Å². The molecule has 1 atom stereocenters. The molecule has 0 aromatic carbocycles. The third-order valence-electron chi connectivity index (χ3n) is 4.01. The third-order valence-corrected chi connectivity index (χ3v) is 4.69. The minimum absolute atomic E-state index is 0.0316. The standard InChI is InChI=1S/C14H20N2O3S.CH2O2/c17-13(12-1-8-20-9-12)16-3-2-14(18,11-16)10-15-4-6-19-7-5-15;2-1-3/h1,8-9,18H,2-7,10-11H2;1H,(H,2,3). The van der Waals surface area contributed by atoms with Crippen LogP contribution in [0.2, 0.25) is 0 Å². The molecule has 2 aliphatic rings. The Bertz CT molecular complexity index is 504. The van der Waals surface area contributed by atoms with Crippen LogP contribution >= 0.6 is 11.3 Å². The van der Waals surface area contributed by atoms with Crippen LogP contribution in [0.1, 0.15) is 16.8 Å². The first-order valence-electron chi connectivity index (χ1n) is 7.50. The number of thiophene rings is 1. The van der Waals surface area contributed by atoms with Gasteiger partial charge >= 0.3 is 0 Å². The van der Waals surface area contributed by atoms with Crippen molar-refractivity contribution in [1.29, 1.82) is 0 Å². The van der Waals surface area contributed by atoms with Crippen molar-refractivity contribution in [2.75, 3.05) is 45.9 Å². The van der Waals surface area contributed by atoms with Gasteiger partial charge in [0.1, 0.15) is 0 Å². The Morgan fingerprint density at radius 1 is 1.39 bits per heavy atom. The van der Waals surface area contributed by atoms with E-state index in [0.29, 0.717) is 26.1 Å².